The first-order valence-electron chi connectivity index (χ1n) is 8.56. The van der Waals surface area contributed by atoms with Crippen molar-refractivity contribution in [2.75, 3.05) is 19.7 Å². The van der Waals surface area contributed by atoms with E-state index >= 15 is 0 Å². The third-order valence-electron chi connectivity index (χ3n) is 4.86. The molecular weight excluding hydrogens is 260 g/mol. The zero-order valence-corrected chi connectivity index (χ0v) is 13.2. The van der Waals surface area contributed by atoms with Crippen molar-refractivity contribution < 1.29 is 4.74 Å². The third-order valence-corrected chi connectivity index (χ3v) is 4.86. The first kappa shape index (κ1) is 14.9. The number of rotatable bonds is 7. The van der Waals surface area contributed by atoms with Gasteiger partial charge in [0, 0.05) is 25.2 Å². The molecule has 2 saturated heterocycles. The summed E-state index contributed by atoms with van der Waals surface area (Å²) in [5.74, 6) is 0.995. The second-order valence-corrected chi connectivity index (χ2v) is 6.37. The smallest absolute Gasteiger partial charge is 0.119 e. The first-order chi connectivity index (χ1) is 10.4. The van der Waals surface area contributed by atoms with Gasteiger partial charge < -0.3 is 10.1 Å². The fourth-order valence-electron chi connectivity index (χ4n) is 3.61. The van der Waals surface area contributed by atoms with Crippen LogP contribution in [0.4, 0.5) is 0 Å². The minimum Gasteiger partial charge on any atom is -0.494 e. The Hall–Kier alpha value is -1.06. The Bertz CT molecular complexity index is 431. The van der Waals surface area contributed by atoms with Crippen LogP contribution < -0.4 is 10.1 Å². The summed E-state index contributed by atoms with van der Waals surface area (Å²) in [5.41, 5.74) is 1.36. The number of hydrogen-bond donors (Lipinski definition) is 1. The fourth-order valence-corrected chi connectivity index (χ4v) is 3.61. The molecule has 2 unspecified atom stereocenters. The van der Waals surface area contributed by atoms with Crippen molar-refractivity contribution in [2.45, 2.75) is 57.7 Å². The number of unbranched alkanes of at least 4 members (excludes halogenated alkanes) is 1. The van der Waals surface area contributed by atoms with E-state index in [-0.39, 0.29) is 0 Å². The molecule has 1 N–H and O–H groups in total. The Kier molecular flexibility index (Phi) is 5.15. The van der Waals surface area contributed by atoms with Crippen LogP contribution in [-0.2, 0) is 6.54 Å². The average molecular weight is 288 g/mol. The molecule has 3 nitrogen and oxygen atoms in total. The lowest BCUT2D eigenvalue weighted by Crippen LogP contribution is -2.38. The van der Waals surface area contributed by atoms with Crippen LogP contribution >= 0.6 is 0 Å². The molecule has 1 aromatic carbocycles. The van der Waals surface area contributed by atoms with Crippen LogP contribution in [-0.4, -0.2) is 36.7 Å². The topological polar surface area (TPSA) is 24.5 Å². The number of nitrogens with one attached hydrogen (secondary N) is 1. The van der Waals surface area contributed by atoms with E-state index < -0.39 is 0 Å². The minimum atomic E-state index is 0.688. The van der Waals surface area contributed by atoms with E-state index in [2.05, 4.69) is 41.4 Å². The van der Waals surface area contributed by atoms with E-state index in [1.165, 1.54) is 44.3 Å². The number of ether oxygens (including phenoxy) is 1. The average Bonchev–Trinajstić information content (AvgIpc) is 3.10. The van der Waals surface area contributed by atoms with Gasteiger partial charge in [-0.05, 0) is 49.9 Å². The predicted octanol–water partition coefficient (Wildman–Crippen LogP) is 3.19. The van der Waals surface area contributed by atoms with Crippen molar-refractivity contribution in [1.29, 1.82) is 0 Å². The van der Waals surface area contributed by atoms with Crippen molar-refractivity contribution in [1.82, 2.24) is 10.2 Å². The van der Waals surface area contributed by atoms with Gasteiger partial charge in [0.2, 0.25) is 0 Å². The molecule has 116 valence electrons. The van der Waals surface area contributed by atoms with Crippen LogP contribution in [0, 0.1) is 0 Å². The predicted molar refractivity (Wildman–Crippen MR) is 86.7 cm³/mol. The van der Waals surface area contributed by atoms with Crippen molar-refractivity contribution in [3.8, 4) is 5.75 Å². The van der Waals surface area contributed by atoms with Gasteiger partial charge in [0.1, 0.15) is 5.75 Å². The maximum atomic E-state index is 5.71. The lowest BCUT2D eigenvalue weighted by molar-refractivity contribution is 0.298. The monoisotopic (exact) mass is 288 g/mol. The lowest BCUT2D eigenvalue weighted by atomic mass is 10.1. The van der Waals surface area contributed by atoms with Crippen LogP contribution in [0.5, 0.6) is 5.75 Å². The molecule has 2 heterocycles. The Morgan fingerprint density at radius 1 is 1.19 bits per heavy atom. The van der Waals surface area contributed by atoms with Gasteiger partial charge in [-0.1, -0.05) is 25.5 Å². The van der Waals surface area contributed by atoms with Gasteiger partial charge in [0.15, 0.2) is 0 Å². The highest BCUT2D eigenvalue weighted by Crippen LogP contribution is 2.28. The van der Waals surface area contributed by atoms with Crippen molar-refractivity contribution in [3.05, 3.63) is 29.8 Å². The Balaban J connectivity index is 1.45. The van der Waals surface area contributed by atoms with Gasteiger partial charge in [0.25, 0.3) is 0 Å². The van der Waals surface area contributed by atoms with E-state index in [0.29, 0.717) is 6.04 Å². The lowest BCUT2D eigenvalue weighted by Gasteiger charge is -2.21. The zero-order chi connectivity index (χ0) is 14.5. The highest BCUT2D eigenvalue weighted by atomic mass is 16.5. The molecule has 3 heteroatoms. The highest BCUT2D eigenvalue weighted by molar-refractivity contribution is 5.27. The van der Waals surface area contributed by atoms with E-state index in [9.17, 15) is 0 Å². The summed E-state index contributed by atoms with van der Waals surface area (Å²) < 4.78 is 5.71. The number of nitrogens with zero attached hydrogens (tertiary/aromatic N) is 1. The Labute approximate surface area is 128 Å². The second-order valence-electron chi connectivity index (χ2n) is 6.37. The molecule has 0 saturated carbocycles. The summed E-state index contributed by atoms with van der Waals surface area (Å²) in [5, 5.41) is 3.76. The van der Waals surface area contributed by atoms with Crippen LogP contribution in [0.25, 0.3) is 0 Å². The number of hydrogen-bond acceptors (Lipinski definition) is 3. The summed E-state index contributed by atoms with van der Waals surface area (Å²) in [6.07, 6.45) is 6.38. The molecule has 0 bridgehead atoms. The molecule has 2 atom stereocenters. The van der Waals surface area contributed by atoms with Gasteiger partial charge in [-0.15, -0.1) is 0 Å². The molecule has 0 amide bonds. The van der Waals surface area contributed by atoms with Crippen LogP contribution in [0.15, 0.2) is 24.3 Å². The van der Waals surface area contributed by atoms with E-state index in [4.69, 9.17) is 4.74 Å². The summed E-state index contributed by atoms with van der Waals surface area (Å²) >= 11 is 0. The highest BCUT2D eigenvalue weighted by Gasteiger charge is 2.36. The second kappa shape index (κ2) is 7.28. The van der Waals surface area contributed by atoms with E-state index in [1.807, 2.05) is 0 Å². The summed E-state index contributed by atoms with van der Waals surface area (Å²) in [6.45, 7) is 6.59. The van der Waals surface area contributed by atoms with Crippen molar-refractivity contribution in [2.24, 2.45) is 0 Å². The summed E-state index contributed by atoms with van der Waals surface area (Å²) in [6, 6.07) is 10.1. The van der Waals surface area contributed by atoms with E-state index in [1.54, 1.807) is 0 Å². The number of benzene rings is 1. The molecule has 0 aromatic heterocycles. The molecule has 1 aromatic rings. The molecule has 0 aliphatic carbocycles. The molecule has 0 radical (unpaired) electrons. The van der Waals surface area contributed by atoms with Gasteiger partial charge in [-0.2, -0.15) is 0 Å². The fraction of sp³-hybridized carbons (Fsp3) is 0.667. The third kappa shape index (κ3) is 3.78. The SMILES string of the molecule is CCCCOc1ccc(CNC2CCN3CCCC23)cc1. The molecule has 2 fully saturated rings. The van der Waals surface area contributed by atoms with Gasteiger partial charge >= 0.3 is 0 Å². The molecule has 2 aliphatic rings. The van der Waals surface area contributed by atoms with Gasteiger partial charge in [-0.25, -0.2) is 0 Å². The van der Waals surface area contributed by atoms with Gasteiger partial charge in [0.05, 0.1) is 6.61 Å². The standard InChI is InChI=1S/C18H28N2O/c1-2-3-13-21-16-8-6-15(7-9-16)14-19-17-10-12-20-11-4-5-18(17)20/h6-9,17-19H,2-5,10-14H2,1H3. The minimum absolute atomic E-state index is 0.688. The Morgan fingerprint density at radius 3 is 2.86 bits per heavy atom. The summed E-state index contributed by atoms with van der Waals surface area (Å²) in [7, 11) is 0. The molecule has 0 spiro atoms. The van der Waals surface area contributed by atoms with Crippen molar-refractivity contribution in [3.63, 3.8) is 0 Å². The summed E-state index contributed by atoms with van der Waals surface area (Å²) in [4.78, 5) is 2.66. The number of fused-ring (bicyclic) bond motifs is 1. The largest absolute Gasteiger partial charge is 0.494 e. The normalized spacial score (nSPS) is 25.2. The zero-order valence-electron chi connectivity index (χ0n) is 13.2. The van der Waals surface area contributed by atoms with Crippen LogP contribution in [0.3, 0.4) is 0 Å². The Morgan fingerprint density at radius 2 is 2.05 bits per heavy atom. The van der Waals surface area contributed by atoms with Crippen LogP contribution in [0.1, 0.15) is 44.6 Å². The molecule has 3 rings (SSSR count). The van der Waals surface area contributed by atoms with Crippen LogP contribution in [0.2, 0.25) is 0 Å². The quantitative estimate of drug-likeness (QED) is 0.780. The molecule has 21 heavy (non-hydrogen) atoms. The van der Waals surface area contributed by atoms with Crippen molar-refractivity contribution >= 4 is 0 Å². The maximum absolute atomic E-state index is 5.71. The maximum Gasteiger partial charge on any atom is 0.119 e. The van der Waals surface area contributed by atoms with E-state index in [0.717, 1.165) is 31.4 Å². The molecular formula is C18H28N2O. The van der Waals surface area contributed by atoms with Gasteiger partial charge in [-0.3, -0.25) is 4.90 Å². The molecule has 2 aliphatic heterocycles. The first-order valence-corrected chi connectivity index (χ1v) is 8.56.